The number of carbonyl (C=O) groups excluding carboxylic acids is 1. The first-order valence-corrected chi connectivity index (χ1v) is 5.47. The molecule has 0 radical (unpaired) electrons. The number of hydrogen-bond donors (Lipinski definition) is 3. The van der Waals surface area contributed by atoms with E-state index in [1.807, 2.05) is 13.2 Å². The number of aryl methyl sites for hydroxylation is 1. The highest BCUT2D eigenvalue weighted by molar-refractivity contribution is 5.96. The van der Waals surface area contributed by atoms with Crippen molar-refractivity contribution in [2.45, 2.75) is 0 Å². The number of aromatic nitrogens is 2. The smallest absolute Gasteiger partial charge is 0.251 e. The van der Waals surface area contributed by atoms with Crippen LogP contribution in [-0.4, -0.2) is 22.7 Å². The zero-order valence-corrected chi connectivity index (χ0v) is 10.3. The highest BCUT2D eigenvalue weighted by atomic mass is 16.1. The molecule has 0 unspecified atom stereocenters. The number of hydrogen-bond acceptors (Lipinski definition) is 4. The summed E-state index contributed by atoms with van der Waals surface area (Å²) in [6.45, 7) is 0. The maximum atomic E-state index is 11.4. The molecule has 2 rings (SSSR count). The molecular formula is C12H15N5O. The van der Waals surface area contributed by atoms with Crippen molar-refractivity contribution in [2.24, 2.45) is 7.05 Å². The molecule has 1 amide bonds. The second-order valence-corrected chi connectivity index (χ2v) is 3.91. The quantitative estimate of drug-likeness (QED) is 0.707. The minimum Gasteiger partial charge on any atom is -0.397 e. The Morgan fingerprint density at radius 1 is 1.44 bits per heavy atom. The van der Waals surface area contributed by atoms with Crippen molar-refractivity contribution in [1.29, 1.82) is 0 Å². The molecule has 4 N–H and O–H groups in total. The maximum Gasteiger partial charge on any atom is 0.251 e. The summed E-state index contributed by atoms with van der Waals surface area (Å²) in [6, 6.07) is 5.12. The van der Waals surface area contributed by atoms with Crippen molar-refractivity contribution in [3.63, 3.8) is 0 Å². The summed E-state index contributed by atoms with van der Waals surface area (Å²) < 4.78 is 1.69. The average Bonchev–Trinajstić information content (AvgIpc) is 2.76. The predicted octanol–water partition coefficient (Wildman–Crippen LogP) is 1.11. The Hall–Kier alpha value is -2.50. The summed E-state index contributed by atoms with van der Waals surface area (Å²) in [6.07, 6.45) is 3.54. The Morgan fingerprint density at radius 2 is 2.22 bits per heavy atom. The molecule has 0 fully saturated rings. The Balaban J connectivity index is 2.22. The average molecular weight is 245 g/mol. The lowest BCUT2D eigenvalue weighted by atomic mass is 10.1. The standard InChI is InChI=1S/C12H15N5O/c1-14-12(18)8-3-4-11(10(13)5-8)16-9-6-15-17(2)7-9/h3-7,16H,13H2,1-2H3,(H,14,18). The minimum atomic E-state index is -0.158. The predicted molar refractivity (Wildman–Crippen MR) is 70.7 cm³/mol. The number of nitrogens with one attached hydrogen (secondary N) is 2. The van der Waals surface area contributed by atoms with Gasteiger partial charge in [0.2, 0.25) is 0 Å². The van der Waals surface area contributed by atoms with E-state index in [2.05, 4.69) is 15.7 Å². The van der Waals surface area contributed by atoms with E-state index in [1.165, 1.54) is 0 Å². The highest BCUT2D eigenvalue weighted by Crippen LogP contribution is 2.23. The Bertz CT molecular complexity index is 576. The van der Waals surface area contributed by atoms with Crippen LogP contribution in [0.2, 0.25) is 0 Å². The number of benzene rings is 1. The normalized spacial score (nSPS) is 10.1. The number of amides is 1. The van der Waals surface area contributed by atoms with E-state index in [1.54, 1.807) is 36.1 Å². The molecule has 0 atom stereocenters. The molecular weight excluding hydrogens is 230 g/mol. The van der Waals surface area contributed by atoms with Gasteiger partial charge in [0.15, 0.2) is 0 Å². The molecule has 0 aliphatic rings. The number of nitrogen functional groups attached to an aromatic ring is 1. The van der Waals surface area contributed by atoms with Crippen LogP contribution in [0.3, 0.4) is 0 Å². The van der Waals surface area contributed by atoms with E-state index in [9.17, 15) is 4.79 Å². The van der Waals surface area contributed by atoms with E-state index in [4.69, 9.17) is 5.73 Å². The Kier molecular flexibility index (Phi) is 3.18. The lowest BCUT2D eigenvalue weighted by molar-refractivity contribution is 0.0963. The molecule has 1 aromatic carbocycles. The van der Waals surface area contributed by atoms with Crippen molar-refractivity contribution < 1.29 is 4.79 Å². The third kappa shape index (κ3) is 2.42. The molecule has 0 aliphatic heterocycles. The van der Waals surface area contributed by atoms with Gasteiger partial charge in [-0.3, -0.25) is 9.48 Å². The van der Waals surface area contributed by atoms with E-state index >= 15 is 0 Å². The second kappa shape index (κ2) is 4.79. The molecule has 6 heteroatoms. The van der Waals surface area contributed by atoms with Gasteiger partial charge in [0.1, 0.15) is 0 Å². The first-order valence-electron chi connectivity index (χ1n) is 5.47. The monoisotopic (exact) mass is 245 g/mol. The van der Waals surface area contributed by atoms with Crippen molar-refractivity contribution >= 4 is 23.0 Å². The number of carbonyl (C=O) groups is 1. The van der Waals surface area contributed by atoms with Crippen LogP contribution in [0, 0.1) is 0 Å². The van der Waals surface area contributed by atoms with Crippen LogP contribution in [0.15, 0.2) is 30.6 Å². The molecule has 94 valence electrons. The fourth-order valence-electron chi connectivity index (χ4n) is 1.60. The van der Waals surface area contributed by atoms with Gasteiger partial charge in [-0.05, 0) is 18.2 Å². The van der Waals surface area contributed by atoms with Gasteiger partial charge in [0.05, 0.1) is 23.3 Å². The van der Waals surface area contributed by atoms with E-state index in [-0.39, 0.29) is 5.91 Å². The van der Waals surface area contributed by atoms with Crippen LogP contribution < -0.4 is 16.4 Å². The van der Waals surface area contributed by atoms with Crippen molar-refractivity contribution in [2.75, 3.05) is 18.1 Å². The zero-order valence-electron chi connectivity index (χ0n) is 10.3. The molecule has 0 saturated heterocycles. The van der Waals surface area contributed by atoms with Crippen molar-refractivity contribution in [1.82, 2.24) is 15.1 Å². The summed E-state index contributed by atoms with van der Waals surface area (Å²) in [5.41, 5.74) is 8.54. The zero-order chi connectivity index (χ0) is 13.1. The van der Waals surface area contributed by atoms with Gasteiger partial charge in [-0.1, -0.05) is 0 Å². The second-order valence-electron chi connectivity index (χ2n) is 3.91. The number of nitrogens with zero attached hydrogens (tertiary/aromatic N) is 2. The van der Waals surface area contributed by atoms with Crippen LogP contribution in [-0.2, 0) is 7.05 Å². The lowest BCUT2D eigenvalue weighted by Gasteiger charge is -2.08. The summed E-state index contributed by atoms with van der Waals surface area (Å²) >= 11 is 0. The number of nitrogens with two attached hydrogens (primary N) is 1. The van der Waals surface area contributed by atoms with Crippen LogP contribution in [0.1, 0.15) is 10.4 Å². The summed E-state index contributed by atoms with van der Waals surface area (Å²) in [4.78, 5) is 11.4. The van der Waals surface area contributed by atoms with E-state index < -0.39 is 0 Å². The van der Waals surface area contributed by atoms with Crippen LogP contribution in [0.25, 0.3) is 0 Å². The van der Waals surface area contributed by atoms with Gasteiger partial charge in [-0.25, -0.2) is 0 Å². The summed E-state index contributed by atoms with van der Waals surface area (Å²) in [5.74, 6) is -0.158. The Morgan fingerprint density at radius 3 is 2.78 bits per heavy atom. The van der Waals surface area contributed by atoms with Crippen LogP contribution in [0.4, 0.5) is 17.1 Å². The van der Waals surface area contributed by atoms with Crippen LogP contribution in [0.5, 0.6) is 0 Å². The fourth-order valence-corrected chi connectivity index (χ4v) is 1.60. The first-order chi connectivity index (χ1) is 8.60. The van der Waals surface area contributed by atoms with Gasteiger partial charge in [-0.15, -0.1) is 0 Å². The van der Waals surface area contributed by atoms with Gasteiger partial charge in [-0.2, -0.15) is 5.10 Å². The van der Waals surface area contributed by atoms with Gasteiger partial charge >= 0.3 is 0 Å². The molecule has 6 nitrogen and oxygen atoms in total. The first kappa shape index (κ1) is 12.0. The van der Waals surface area contributed by atoms with Crippen molar-refractivity contribution in [3.05, 3.63) is 36.2 Å². The lowest BCUT2D eigenvalue weighted by Crippen LogP contribution is -2.17. The van der Waals surface area contributed by atoms with Crippen molar-refractivity contribution in [3.8, 4) is 0 Å². The third-order valence-corrected chi connectivity index (χ3v) is 2.52. The fraction of sp³-hybridized carbons (Fsp3) is 0.167. The molecule has 2 aromatic rings. The van der Waals surface area contributed by atoms with Gasteiger partial charge in [0, 0.05) is 25.9 Å². The van der Waals surface area contributed by atoms with E-state index in [0.29, 0.717) is 11.3 Å². The largest absolute Gasteiger partial charge is 0.397 e. The number of rotatable bonds is 3. The molecule has 1 heterocycles. The minimum absolute atomic E-state index is 0.158. The molecule has 0 aliphatic carbocycles. The van der Waals surface area contributed by atoms with Gasteiger partial charge in [0.25, 0.3) is 5.91 Å². The van der Waals surface area contributed by atoms with E-state index in [0.717, 1.165) is 11.4 Å². The Labute approximate surface area is 105 Å². The summed E-state index contributed by atoms with van der Waals surface area (Å²) in [5, 5.41) is 9.74. The molecule has 0 saturated carbocycles. The highest BCUT2D eigenvalue weighted by Gasteiger charge is 2.07. The third-order valence-electron chi connectivity index (χ3n) is 2.52. The summed E-state index contributed by atoms with van der Waals surface area (Å²) in [7, 11) is 3.42. The number of anilines is 3. The molecule has 18 heavy (non-hydrogen) atoms. The van der Waals surface area contributed by atoms with Gasteiger partial charge < -0.3 is 16.4 Å². The maximum absolute atomic E-state index is 11.4. The topological polar surface area (TPSA) is 85.0 Å². The molecule has 0 spiro atoms. The molecule has 0 bridgehead atoms. The SMILES string of the molecule is CNC(=O)c1ccc(Nc2cnn(C)c2)c(N)c1. The van der Waals surface area contributed by atoms with Crippen LogP contribution >= 0.6 is 0 Å². The molecule has 1 aromatic heterocycles.